The molecule has 0 radical (unpaired) electrons. The van der Waals surface area contributed by atoms with Crippen LogP contribution in [0.15, 0.2) is 36.5 Å². The number of anilines is 4. The van der Waals surface area contributed by atoms with Crippen molar-refractivity contribution in [2.24, 2.45) is 35.5 Å². The number of ether oxygens (including phenoxy) is 1. The minimum absolute atomic E-state index is 0.0577. The van der Waals surface area contributed by atoms with E-state index < -0.39 is 5.82 Å². The fraction of sp³-hybridized carbons (Fsp3) is 0.618. The summed E-state index contributed by atoms with van der Waals surface area (Å²) in [6.07, 6.45) is 9.46. The second-order valence-electron chi connectivity index (χ2n) is 13.8. The van der Waals surface area contributed by atoms with Crippen LogP contribution < -0.4 is 15.5 Å². The van der Waals surface area contributed by atoms with Crippen molar-refractivity contribution in [3.63, 3.8) is 0 Å². The van der Waals surface area contributed by atoms with Gasteiger partial charge in [0.2, 0.25) is 5.95 Å². The highest BCUT2D eigenvalue weighted by atomic mass is 19.1. The number of benzene rings is 1. The number of carbonyl (C=O) groups is 1. The number of piperazine rings is 1. The quantitative estimate of drug-likeness (QED) is 0.285. The maximum Gasteiger partial charge on any atom is 0.311 e. The van der Waals surface area contributed by atoms with E-state index in [9.17, 15) is 4.79 Å². The van der Waals surface area contributed by atoms with E-state index in [0.717, 1.165) is 56.7 Å². The van der Waals surface area contributed by atoms with Crippen molar-refractivity contribution in [2.75, 3.05) is 48.8 Å². The molecule has 2 N–H and O–H groups in total. The van der Waals surface area contributed by atoms with Crippen LogP contribution in [0.4, 0.5) is 27.5 Å². The third kappa shape index (κ3) is 6.37. The lowest BCUT2D eigenvalue weighted by molar-refractivity contribution is -0.162. The highest BCUT2D eigenvalue weighted by Gasteiger charge is 2.50. The van der Waals surface area contributed by atoms with Gasteiger partial charge in [0.1, 0.15) is 6.10 Å². The number of aryl methyl sites for hydroxylation is 1. The molecule has 2 aromatic rings. The molecule has 2 heterocycles. The van der Waals surface area contributed by atoms with Crippen molar-refractivity contribution in [1.29, 1.82) is 0 Å². The maximum absolute atomic E-state index is 15.1. The van der Waals surface area contributed by atoms with Crippen molar-refractivity contribution in [3.05, 3.63) is 47.9 Å². The van der Waals surface area contributed by atoms with Gasteiger partial charge in [-0.2, -0.15) is 4.98 Å². The molecule has 8 nitrogen and oxygen atoms in total. The summed E-state index contributed by atoms with van der Waals surface area (Å²) in [5, 5.41) is 6.57. The fourth-order valence-electron chi connectivity index (χ4n) is 7.77. The Labute approximate surface area is 255 Å². The molecule has 6 rings (SSSR count). The number of allylic oxidation sites excluding steroid dienone is 1. The summed E-state index contributed by atoms with van der Waals surface area (Å²) < 4.78 is 21.4. The van der Waals surface area contributed by atoms with E-state index in [1.165, 1.54) is 18.3 Å². The number of rotatable bonds is 8. The van der Waals surface area contributed by atoms with Crippen LogP contribution in [0.2, 0.25) is 0 Å². The van der Waals surface area contributed by atoms with E-state index in [-0.39, 0.29) is 41.7 Å². The number of nitrogens with one attached hydrogen (secondary N) is 2. The molecular weight excluding hydrogens is 543 g/mol. The maximum atomic E-state index is 15.1. The highest BCUT2D eigenvalue weighted by Crippen LogP contribution is 2.46. The number of likely N-dealkylation sites (N-methyl/N-ethyl adjacent to an activating group) is 1. The van der Waals surface area contributed by atoms with Gasteiger partial charge >= 0.3 is 5.97 Å². The Balaban J connectivity index is 1.15. The Morgan fingerprint density at radius 1 is 1.09 bits per heavy atom. The van der Waals surface area contributed by atoms with Crippen LogP contribution in [0.1, 0.15) is 52.0 Å². The van der Waals surface area contributed by atoms with Gasteiger partial charge in [-0.25, -0.2) is 9.37 Å². The average molecular weight is 591 g/mol. The zero-order valence-corrected chi connectivity index (χ0v) is 26.2. The first kappa shape index (κ1) is 29.9. The van der Waals surface area contributed by atoms with E-state index in [2.05, 4.69) is 89.4 Å². The summed E-state index contributed by atoms with van der Waals surface area (Å²) in [4.78, 5) is 27.2. The Kier molecular flexibility index (Phi) is 8.63. The van der Waals surface area contributed by atoms with Gasteiger partial charge in [0.15, 0.2) is 11.6 Å². The molecule has 1 saturated heterocycles. The molecule has 1 aromatic heterocycles. The first-order chi connectivity index (χ1) is 20.7. The van der Waals surface area contributed by atoms with Crippen LogP contribution in [-0.2, 0) is 9.53 Å². The van der Waals surface area contributed by atoms with Crippen molar-refractivity contribution >= 4 is 29.1 Å². The molecule has 2 bridgehead atoms. The third-order valence-corrected chi connectivity index (χ3v) is 10.3. The number of halogens is 1. The molecule has 1 aromatic carbocycles. The van der Waals surface area contributed by atoms with Gasteiger partial charge in [0, 0.05) is 43.6 Å². The Hall–Kier alpha value is -3.20. The summed E-state index contributed by atoms with van der Waals surface area (Å²) in [5.41, 5.74) is 3.24. The summed E-state index contributed by atoms with van der Waals surface area (Å²) in [5.74, 6) is 0.976. The van der Waals surface area contributed by atoms with Gasteiger partial charge < -0.3 is 25.2 Å². The zero-order valence-electron chi connectivity index (χ0n) is 26.2. The standard InChI is InChI=1S/C34H47FN6O2/c1-20(2)26-10-6-21(3)16-29(26)43-33(42)30-23-7-8-24(18-23)31(30)38-32-27(35)19-36-34(39-32)37-25-9-11-28(22(4)17-25)41-14-12-40(5)13-15-41/h7-9,11,17,19-21,23-24,26,29-31H,6,10,12-16,18H2,1-5H3,(H2,36,37,38,39)/t21?,23?,24?,26-,29?,30?,31?/m1/s1. The van der Waals surface area contributed by atoms with Gasteiger partial charge in [-0.05, 0) is 86.6 Å². The van der Waals surface area contributed by atoms with Gasteiger partial charge in [-0.1, -0.05) is 39.3 Å². The SMILES string of the molecule is Cc1cc(Nc2ncc(F)c(NC3C4C=CC(C4)C3C(=O)OC3CC(C)CC[C@@H]3C(C)C)n2)ccc1N1CCN(C)CC1. The molecule has 1 aliphatic heterocycles. The lowest BCUT2D eigenvalue weighted by Gasteiger charge is -2.38. The molecular formula is C34H47FN6O2. The molecule has 2 saturated carbocycles. The number of hydrogen-bond donors (Lipinski definition) is 2. The topological polar surface area (TPSA) is 82.6 Å². The molecule has 3 aliphatic carbocycles. The van der Waals surface area contributed by atoms with Crippen LogP contribution in [-0.4, -0.2) is 66.2 Å². The predicted octanol–water partition coefficient (Wildman–Crippen LogP) is 6.03. The van der Waals surface area contributed by atoms with Gasteiger partial charge in [0.25, 0.3) is 0 Å². The Bertz CT molecular complexity index is 1340. The molecule has 0 spiro atoms. The van der Waals surface area contributed by atoms with E-state index >= 15 is 4.39 Å². The number of esters is 1. The second kappa shape index (κ2) is 12.4. The molecule has 0 amide bonds. The Morgan fingerprint density at radius 2 is 1.86 bits per heavy atom. The average Bonchev–Trinajstić information content (AvgIpc) is 3.58. The summed E-state index contributed by atoms with van der Waals surface area (Å²) in [6, 6.07) is 5.95. The van der Waals surface area contributed by atoms with Crippen LogP contribution in [0.5, 0.6) is 0 Å². The molecule has 3 fully saturated rings. The van der Waals surface area contributed by atoms with E-state index in [1.807, 2.05) is 6.07 Å². The first-order valence-electron chi connectivity index (χ1n) is 16.1. The number of carbonyl (C=O) groups excluding carboxylic acids is 1. The van der Waals surface area contributed by atoms with Crippen molar-refractivity contribution < 1.29 is 13.9 Å². The number of fused-ring (bicyclic) bond motifs is 2. The minimum atomic E-state index is -0.535. The van der Waals surface area contributed by atoms with E-state index in [1.54, 1.807) is 0 Å². The van der Waals surface area contributed by atoms with E-state index in [0.29, 0.717) is 23.7 Å². The molecule has 6 unspecified atom stereocenters. The lowest BCUT2D eigenvalue weighted by atomic mass is 9.75. The molecule has 232 valence electrons. The van der Waals surface area contributed by atoms with Crippen molar-refractivity contribution in [1.82, 2.24) is 14.9 Å². The molecule has 9 heteroatoms. The van der Waals surface area contributed by atoms with Gasteiger partial charge in [-0.15, -0.1) is 0 Å². The highest BCUT2D eigenvalue weighted by molar-refractivity contribution is 5.76. The first-order valence-corrected chi connectivity index (χ1v) is 16.1. The predicted molar refractivity (Wildman–Crippen MR) is 169 cm³/mol. The molecule has 43 heavy (non-hydrogen) atoms. The number of nitrogens with zero attached hydrogens (tertiary/aromatic N) is 4. The molecule has 7 atom stereocenters. The number of aromatic nitrogens is 2. The smallest absolute Gasteiger partial charge is 0.311 e. The lowest BCUT2D eigenvalue weighted by Crippen LogP contribution is -2.44. The monoisotopic (exact) mass is 590 g/mol. The van der Waals surface area contributed by atoms with Gasteiger partial charge in [-0.3, -0.25) is 4.79 Å². The van der Waals surface area contributed by atoms with Crippen molar-refractivity contribution in [3.8, 4) is 0 Å². The van der Waals surface area contributed by atoms with Crippen LogP contribution in [0.25, 0.3) is 0 Å². The van der Waals surface area contributed by atoms with Crippen LogP contribution in [0, 0.1) is 48.2 Å². The van der Waals surface area contributed by atoms with Crippen LogP contribution >= 0.6 is 0 Å². The summed E-state index contributed by atoms with van der Waals surface area (Å²) >= 11 is 0. The second-order valence-corrected chi connectivity index (χ2v) is 13.8. The number of hydrogen-bond acceptors (Lipinski definition) is 8. The fourth-order valence-corrected chi connectivity index (χ4v) is 7.77. The van der Waals surface area contributed by atoms with Crippen molar-refractivity contribution in [2.45, 2.75) is 65.5 Å². The zero-order chi connectivity index (χ0) is 30.2. The third-order valence-electron chi connectivity index (χ3n) is 10.3. The largest absolute Gasteiger partial charge is 0.462 e. The summed E-state index contributed by atoms with van der Waals surface area (Å²) in [7, 11) is 2.16. The van der Waals surface area contributed by atoms with E-state index in [4.69, 9.17) is 4.74 Å². The normalized spacial score (nSPS) is 30.6. The Morgan fingerprint density at radius 3 is 2.60 bits per heavy atom. The molecule has 4 aliphatic rings. The summed E-state index contributed by atoms with van der Waals surface area (Å²) in [6.45, 7) is 12.9. The minimum Gasteiger partial charge on any atom is -0.462 e. The van der Waals surface area contributed by atoms with Gasteiger partial charge in [0.05, 0.1) is 12.1 Å². The van der Waals surface area contributed by atoms with Crippen LogP contribution in [0.3, 0.4) is 0 Å².